The van der Waals surface area contributed by atoms with Crippen molar-refractivity contribution in [2.45, 2.75) is 43.3 Å². The van der Waals surface area contributed by atoms with Crippen molar-refractivity contribution in [3.63, 3.8) is 0 Å². The van der Waals surface area contributed by atoms with E-state index in [1.54, 1.807) is 7.11 Å². The molecule has 0 bridgehead atoms. The molecule has 4 heteroatoms. The van der Waals surface area contributed by atoms with Crippen molar-refractivity contribution in [1.29, 1.82) is 0 Å². The quantitative estimate of drug-likeness (QED) is 0.621. The summed E-state index contributed by atoms with van der Waals surface area (Å²) in [5.74, 6) is 0. The van der Waals surface area contributed by atoms with Crippen molar-refractivity contribution in [3.05, 3.63) is 0 Å². The van der Waals surface area contributed by atoms with Gasteiger partial charge in [0.05, 0.1) is 13.2 Å². The van der Waals surface area contributed by atoms with Gasteiger partial charge in [-0.05, 0) is 32.1 Å². The highest BCUT2D eigenvalue weighted by Gasteiger charge is 2.30. The summed E-state index contributed by atoms with van der Waals surface area (Å²) in [7, 11) is 1.71. The van der Waals surface area contributed by atoms with Crippen molar-refractivity contribution in [3.8, 4) is 0 Å². The third-order valence-corrected chi connectivity index (χ3v) is 5.14. The van der Waals surface area contributed by atoms with Crippen molar-refractivity contribution in [1.82, 2.24) is 5.32 Å². The van der Waals surface area contributed by atoms with Gasteiger partial charge in [-0.15, -0.1) is 0 Å². The fraction of sp³-hybridized carbons (Fsp3) is 1.00. The maximum Gasteiger partial charge on any atom is 0.0700 e. The molecule has 1 rings (SSSR count). The number of ether oxygens (including phenoxy) is 2. The average molecular weight is 275 g/mol. The summed E-state index contributed by atoms with van der Waals surface area (Å²) in [6.45, 7) is 4.47. The second kappa shape index (κ2) is 10.1. The van der Waals surface area contributed by atoms with Crippen LogP contribution in [0.25, 0.3) is 0 Å². The van der Waals surface area contributed by atoms with Crippen LogP contribution in [0, 0.1) is 0 Å². The summed E-state index contributed by atoms with van der Waals surface area (Å²) in [6.07, 6.45) is 10.4. The molecule has 0 amide bonds. The molecule has 0 aromatic rings. The van der Waals surface area contributed by atoms with Gasteiger partial charge in [-0.2, -0.15) is 11.8 Å². The maximum absolute atomic E-state index is 5.45. The predicted octanol–water partition coefficient (Wildman–Crippen LogP) is 2.70. The average Bonchev–Trinajstić information content (AvgIpc) is 2.43. The Morgan fingerprint density at radius 3 is 2.56 bits per heavy atom. The van der Waals surface area contributed by atoms with Gasteiger partial charge in [0, 0.05) is 25.0 Å². The molecule has 0 atom stereocenters. The van der Waals surface area contributed by atoms with Crippen LogP contribution >= 0.6 is 11.8 Å². The first kappa shape index (κ1) is 16.3. The van der Waals surface area contributed by atoms with Crippen LogP contribution in [0.2, 0.25) is 0 Å². The van der Waals surface area contributed by atoms with Crippen LogP contribution < -0.4 is 5.32 Å². The third-order valence-electron chi connectivity index (χ3n) is 3.72. The van der Waals surface area contributed by atoms with E-state index in [4.69, 9.17) is 9.47 Å². The van der Waals surface area contributed by atoms with Gasteiger partial charge in [0.1, 0.15) is 0 Å². The minimum absolute atomic E-state index is 0.509. The van der Waals surface area contributed by atoms with Crippen molar-refractivity contribution < 1.29 is 9.47 Å². The molecule has 0 aromatic carbocycles. The van der Waals surface area contributed by atoms with Crippen molar-refractivity contribution in [2.24, 2.45) is 0 Å². The summed E-state index contributed by atoms with van der Waals surface area (Å²) >= 11 is 2.06. The van der Waals surface area contributed by atoms with E-state index in [1.165, 1.54) is 32.1 Å². The molecular weight excluding hydrogens is 246 g/mol. The molecular formula is C14H29NO2S. The minimum atomic E-state index is 0.509. The molecule has 1 saturated carbocycles. The monoisotopic (exact) mass is 275 g/mol. The molecule has 0 aliphatic heterocycles. The van der Waals surface area contributed by atoms with Crippen LogP contribution in [0.3, 0.4) is 0 Å². The molecule has 1 fully saturated rings. The van der Waals surface area contributed by atoms with E-state index in [-0.39, 0.29) is 0 Å². The number of thioether (sulfide) groups is 1. The second-order valence-corrected chi connectivity index (χ2v) is 6.36. The summed E-state index contributed by atoms with van der Waals surface area (Å²) in [6, 6.07) is 0. The highest BCUT2D eigenvalue weighted by molar-refractivity contribution is 8.00. The number of methoxy groups -OCH3 is 1. The van der Waals surface area contributed by atoms with Crippen LogP contribution in [-0.4, -0.2) is 51.0 Å². The lowest BCUT2D eigenvalue weighted by molar-refractivity contribution is 0.0694. The zero-order valence-corrected chi connectivity index (χ0v) is 12.8. The van der Waals surface area contributed by atoms with E-state index < -0.39 is 0 Å². The molecule has 0 heterocycles. The van der Waals surface area contributed by atoms with Crippen molar-refractivity contribution in [2.75, 3.05) is 46.3 Å². The zero-order chi connectivity index (χ0) is 13.1. The minimum Gasteiger partial charge on any atom is -0.382 e. The number of hydrogen-bond acceptors (Lipinski definition) is 4. The molecule has 1 aliphatic carbocycles. The van der Waals surface area contributed by atoms with E-state index in [0.717, 1.165) is 26.1 Å². The van der Waals surface area contributed by atoms with Gasteiger partial charge in [-0.3, -0.25) is 0 Å². The zero-order valence-electron chi connectivity index (χ0n) is 12.0. The highest BCUT2D eigenvalue weighted by atomic mass is 32.2. The molecule has 18 heavy (non-hydrogen) atoms. The molecule has 0 spiro atoms. The standard InChI is InChI=1S/C14H29NO2S/c1-16-11-12-17-10-6-9-15-13-14(18-2)7-4-3-5-8-14/h15H,3-13H2,1-2H3. The first-order valence-electron chi connectivity index (χ1n) is 7.15. The highest BCUT2D eigenvalue weighted by Crippen LogP contribution is 2.37. The second-order valence-electron chi connectivity index (χ2n) is 5.08. The fourth-order valence-electron chi connectivity index (χ4n) is 2.51. The Balaban J connectivity index is 1.98. The van der Waals surface area contributed by atoms with E-state index in [1.807, 2.05) is 0 Å². The van der Waals surface area contributed by atoms with E-state index >= 15 is 0 Å². The predicted molar refractivity (Wildman–Crippen MR) is 79.5 cm³/mol. The van der Waals surface area contributed by atoms with Gasteiger partial charge in [0.2, 0.25) is 0 Å². The molecule has 0 aromatic heterocycles. The molecule has 0 saturated heterocycles. The van der Waals surface area contributed by atoms with E-state index in [9.17, 15) is 0 Å². The SMILES string of the molecule is COCCOCCCNCC1(SC)CCCCC1. The van der Waals surface area contributed by atoms with E-state index in [2.05, 4.69) is 23.3 Å². The van der Waals surface area contributed by atoms with Gasteiger partial charge in [-0.1, -0.05) is 19.3 Å². The lowest BCUT2D eigenvalue weighted by atomic mass is 9.88. The number of rotatable bonds is 10. The Morgan fingerprint density at radius 1 is 1.11 bits per heavy atom. The van der Waals surface area contributed by atoms with Crippen LogP contribution in [0.5, 0.6) is 0 Å². The molecule has 3 nitrogen and oxygen atoms in total. The fourth-order valence-corrected chi connectivity index (χ4v) is 3.45. The topological polar surface area (TPSA) is 30.5 Å². The smallest absolute Gasteiger partial charge is 0.0700 e. The van der Waals surface area contributed by atoms with Crippen LogP contribution in [-0.2, 0) is 9.47 Å². The largest absolute Gasteiger partial charge is 0.382 e. The molecule has 0 radical (unpaired) electrons. The van der Waals surface area contributed by atoms with Crippen LogP contribution in [0.4, 0.5) is 0 Å². The summed E-state index contributed by atoms with van der Waals surface area (Å²) in [5, 5.41) is 3.61. The Hall–Kier alpha value is 0.230. The first-order valence-corrected chi connectivity index (χ1v) is 8.38. The van der Waals surface area contributed by atoms with Crippen LogP contribution in [0.15, 0.2) is 0 Å². The van der Waals surface area contributed by atoms with Gasteiger partial charge in [-0.25, -0.2) is 0 Å². The first-order chi connectivity index (χ1) is 8.83. The summed E-state index contributed by atoms with van der Waals surface area (Å²) in [4.78, 5) is 0. The van der Waals surface area contributed by atoms with Gasteiger partial charge >= 0.3 is 0 Å². The Bertz CT molecular complexity index is 196. The normalized spacial score (nSPS) is 19.0. The Labute approximate surface area is 116 Å². The lowest BCUT2D eigenvalue weighted by Crippen LogP contribution is -2.39. The molecule has 108 valence electrons. The number of hydrogen-bond donors (Lipinski definition) is 1. The van der Waals surface area contributed by atoms with Crippen molar-refractivity contribution >= 4 is 11.8 Å². The van der Waals surface area contributed by atoms with Gasteiger partial charge in [0.25, 0.3) is 0 Å². The number of nitrogens with one attached hydrogen (secondary N) is 1. The van der Waals surface area contributed by atoms with E-state index in [0.29, 0.717) is 18.0 Å². The Morgan fingerprint density at radius 2 is 1.89 bits per heavy atom. The summed E-state index contributed by atoms with van der Waals surface area (Å²) < 4.78 is 10.9. The third kappa shape index (κ3) is 6.41. The van der Waals surface area contributed by atoms with Gasteiger partial charge in [0.15, 0.2) is 0 Å². The molecule has 0 unspecified atom stereocenters. The van der Waals surface area contributed by atoms with Gasteiger partial charge < -0.3 is 14.8 Å². The Kier molecular flexibility index (Phi) is 9.11. The summed E-state index contributed by atoms with van der Waals surface area (Å²) in [5.41, 5.74) is 0. The molecule has 1 N–H and O–H groups in total. The molecule has 1 aliphatic rings. The van der Waals surface area contributed by atoms with Crippen LogP contribution in [0.1, 0.15) is 38.5 Å². The maximum atomic E-state index is 5.45. The lowest BCUT2D eigenvalue weighted by Gasteiger charge is -2.36.